The molecule has 1 N–H and O–H groups in total. The fraction of sp³-hybridized carbons (Fsp3) is 1.00. The van der Waals surface area contributed by atoms with Crippen LogP contribution in [0.3, 0.4) is 0 Å². The van der Waals surface area contributed by atoms with E-state index in [9.17, 15) is 0 Å². The fourth-order valence-electron chi connectivity index (χ4n) is 2.63. The van der Waals surface area contributed by atoms with Gasteiger partial charge in [0.1, 0.15) is 0 Å². The van der Waals surface area contributed by atoms with E-state index in [2.05, 4.69) is 58.8 Å². The van der Waals surface area contributed by atoms with Gasteiger partial charge in [-0.2, -0.15) is 0 Å². The van der Waals surface area contributed by atoms with Crippen molar-refractivity contribution in [2.75, 3.05) is 13.6 Å². The van der Waals surface area contributed by atoms with Crippen molar-refractivity contribution in [2.45, 2.75) is 78.9 Å². The van der Waals surface area contributed by atoms with E-state index in [0.29, 0.717) is 12.1 Å². The number of nitrogens with zero attached hydrogens (tertiary/aromatic N) is 1. The van der Waals surface area contributed by atoms with E-state index < -0.39 is 0 Å². The SMILES string of the molecule is CCC(CC)N(CC(C)C)C(C)CC(C)NC. The first-order valence-corrected chi connectivity index (χ1v) is 7.39. The maximum Gasteiger partial charge on any atom is 0.00929 e. The van der Waals surface area contributed by atoms with E-state index in [1.807, 2.05) is 0 Å². The highest BCUT2D eigenvalue weighted by Crippen LogP contribution is 2.18. The molecule has 0 aromatic carbocycles. The van der Waals surface area contributed by atoms with Crippen molar-refractivity contribution in [1.82, 2.24) is 10.2 Å². The minimum absolute atomic E-state index is 0.606. The predicted octanol–water partition coefficient (Wildman–Crippen LogP) is 3.52. The van der Waals surface area contributed by atoms with Crippen molar-refractivity contribution < 1.29 is 0 Å². The first-order chi connectivity index (χ1) is 7.96. The van der Waals surface area contributed by atoms with Gasteiger partial charge >= 0.3 is 0 Å². The largest absolute Gasteiger partial charge is 0.317 e. The predicted molar refractivity (Wildman–Crippen MR) is 78.5 cm³/mol. The molecule has 0 saturated heterocycles. The van der Waals surface area contributed by atoms with E-state index in [1.165, 1.54) is 25.8 Å². The molecule has 2 unspecified atom stereocenters. The summed E-state index contributed by atoms with van der Waals surface area (Å²) >= 11 is 0. The summed E-state index contributed by atoms with van der Waals surface area (Å²) in [7, 11) is 2.06. The van der Waals surface area contributed by atoms with Crippen molar-refractivity contribution in [3.63, 3.8) is 0 Å². The van der Waals surface area contributed by atoms with Crippen LogP contribution in [0.1, 0.15) is 60.8 Å². The van der Waals surface area contributed by atoms with Crippen LogP contribution >= 0.6 is 0 Å². The van der Waals surface area contributed by atoms with Gasteiger partial charge in [-0.05, 0) is 46.1 Å². The van der Waals surface area contributed by atoms with Crippen LogP contribution < -0.4 is 5.32 Å². The van der Waals surface area contributed by atoms with E-state index in [-0.39, 0.29) is 0 Å². The Morgan fingerprint density at radius 2 is 1.53 bits per heavy atom. The van der Waals surface area contributed by atoms with Crippen LogP contribution in [0.4, 0.5) is 0 Å². The molecule has 0 aliphatic carbocycles. The molecule has 2 nitrogen and oxygen atoms in total. The Bertz CT molecular complexity index is 176. The highest BCUT2D eigenvalue weighted by molar-refractivity contribution is 4.78. The van der Waals surface area contributed by atoms with Gasteiger partial charge in [-0.3, -0.25) is 4.90 Å². The molecular formula is C15H34N2. The Balaban J connectivity index is 4.53. The van der Waals surface area contributed by atoms with Crippen LogP contribution in [-0.4, -0.2) is 36.6 Å². The first-order valence-electron chi connectivity index (χ1n) is 7.39. The summed E-state index contributed by atoms with van der Waals surface area (Å²) in [5, 5.41) is 3.35. The van der Waals surface area contributed by atoms with E-state index in [4.69, 9.17) is 0 Å². The van der Waals surface area contributed by atoms with Crippen LogP contribution in [0.25, 0.3) is 0 Å². The van der Waals surface area contributed by atoms with E-state index in [1.54, 1.807) is 0 Å². The molecule has 17 heavy (non-hydrogen) atoms. The molecule has 2 atom stereocenters. The number of hydrogen-bond donors (Lipinski definition) is 1. The molecule has 0 aromatic rings. The second-order valence-electron chi connectivity index (χ2n) is 5.84. The third kappa shape index (κ3) is 6.42. The highest BCUT2D eigenvalue weighted by atomic mass is 15.2. The summed E-state index contributed by atoms with van der Waals surface area (Å²) in [6.45, 7) is 15.2. The van der Waals surface area contributed by atoms with Gasteiger partial charge in [-0.25, -0.2) is 0 Å². The Hall–Kier alpha value is -0.0800. The molecule has 0 bridgehead atoms. The third-order valence-corrected chi connectivity index (χ3v) is 3.74. The van der Waals surface area contributed by atoms with Gasteiger partial charge in [0.15, 0.2) is 0 Å². The minimum Gasteiger partial charge on any atom is -0.317 e. The molecule has 0 aliphatic heterocycles. The van der Waals surface area contributed by atoms with Crippen molar-refractivity contribution >= 4 is 0 Å². The zero-order valence-electron chi connectivity index (χ0n) is 13.1. The summed E-state index contributed by atoms with van der Waals surface area (Å²) in [6, 6.07) is 2.02. The summed E-state index contributed by atoms with van der Waals surface area (Å²) in [5.41, 5.74) is 0. The molecule has 0 aliphatic rings. The Kier molecular flexibility index (Phi) is 8.89. The molecule has 0 spiro atoms. The quantitative estimate of drug-likeness (QED) is 0.665. The second-order valence-corrected chi connectivity index (χ2v) is 5.84. The Labute approximate surface area is 109 Å². The van der Waals surface area contributed by atoms with Crippen LogP contribution in [-0.2, 0) is 0 Å². The Morgan fingerprint density at radius 1 is 1.00 bits per heavy atom. The van der Waals surface area contributed by atoms with Crippen molar-refractivity contribution in [3.05, 3.63) is 0 Å². The van der Waals surface area contributed by atoms with Gasteiger partial charge in [0, 0.05) is 24.7 Å². The second kappa shape index (κ2) is 8.93. The number of nitrogens with one attached hydrogen (secondary N) is 1. The van der Waals surface area contributed by atoms with Crippen LogP contribution in [0.2, 0.25) is 0 Å². The average Bonchev–Trinajstić information content (AvgIpc) is 2.28. The third-order valence-electron chi connectivity index (χ3n) is 3.74. The lowest BCUT2D eigenvalue weighted by Gasteiger charge is -2.38. The first kappa shape index (κ1) is 16.9. The molecule has 0 amide bonds. The maximum atomic E-state index is 3.35. The average molecular weight is 242 g/mol. The van der Waals surface area contributed by atoms with E-state index in [0.717, 1.165) is 12.0 Å². The molecule has 104 valence electrons. The van der Waals surface area contributed by atoms with Crippen LogP contribution in [0, 0.1) is 5.92 Å². The minimum atomic E-state index is 0.606. The van der Waals surface area contributed by atoms with E-state index >= 15 is 0 Å². The number of rotatable bonds is 9. The summed E-state index contributed by atoms with van der Waals surface area (Å²) in [4.78, 5) is 2.72. The molecule has 2 heteroatoms. The molecule has 0 fully saturated rings. The molecular weight excluding hydrogens is 208 g/mol. The van der Waals surface area contributed by atoms with Gasteiger partial charge in [-0.1, -0.05) is 27.7 Å². The zero-order valence-corrected chi connectivity index (χ0v) is 13.1. The fourth-order valence-corrected chi connectivity index (χ4v) is 2.63. The maximum absolute atomic E-state index is 3.35. The normalized spacial score (nSPS) is 15.9. The lowest BCUT2D eigenvalue weighted by molar-refractivity contribution is 0.107. The number of hydrogen-bond acceptors (Lipinski definition) is 2. The topological polar surface area (TPSA) is 15.3 Å². The van der Waals surface area contributed by atoms with Gasteiger partial charge in [0.2, 0.25) is 0 Å². The highest BCUT2D eigenvalue weighted by Gasteiger charge is 2.22. The van der Waals surface area contributed by atoms with Crippen molar-refractivity contribution in [1.29, 1.82) is 0 Å². The molecule has 0 radical (unpaired) electrons. The summed E-state index contributed by atoms with van der Waals surface area (Å²) in [6.07, 6.45) is 3.77. The molecule has 0 heterocycles. The monoisotopic (exact) mass is 242 g/mol. The van der Waals surface area contributed by atoms with Crippen LogP contribution in [0.5, 0.6) is 0 Å². The summed E-state index contributed by atoms with van der Waals surface area (Å²) < 4.78 is 0. The van der Waals surface area contributed by atoms with Gasteiger partial charge in [0.25, 0.3) is 0 Å². The smallest absolute Gasteiger partial charge is 0.00929 e. The standard InChI is InChI=1S/C15H34N2/c1-8-15(9-2)17(11-12(3)4)14(6)10-13(5)16-7/h12-16H,8-11H2,1-7H3. The van der Waals surface area contributed by atoms with Gasteiger partial charge in [0.05, 0.1) is 0 Å². The van der Waals surface area contributed by atoms with Gasteiger partial charge in [-0.15, -0.1) is 0 Å². The molecule has 0 saturated carbocycles. The lowest BCUT2D eigenvalue weighted by Crippen LogP contribution is -2.45. The summed E-state index contributed by atoms with van der Waals surface area (Å²) in [5.74, 6) is 0.753. The Morgan fingerprint density at radius 3 is 1.88 bits per heavy atom. The molecule has 0 rings (SSSR count). The van der Waals surface area contributed by atoms with Gasteiger partial charge < -0.3 is 5.32 Å². The van der Waals surface area contributed by atoms with Crippen LogP contribution in [0.15, 0.2) is 0 Å². The van der Waals surface area contributed by atoms with Crippen molar-refractivity contribution in [2.24, 2.45) is 5.92 Å². The zero-order chi connectivity index (χ0) is 13.4. The van der Waals surface area contributed by atoms with Crippen molar-refractivity contribution in [3.8, 4) is 0 Å². The lowest BCUT2D eigenvalue weighted by atomic mass is 10.0. The molecule has 0 aromatic heterocycles.